The summed E-state index contributed by atoms with van der Waals surface area (Å²) in [4.78, 5) is 12.4. The van der Waals surface area contributed by atoms with Crippen molar-refractivity contribution in [3.05, 3.63) is 29.8 Å². The third-order valence-electron chi connectivity index (χ3n) is 4.07. The fourth-order valence-electron chi connectivity index (χ4n) is 2.63. The van der Waals surface area contributed by atoms with Gasteiger partial charge in [0.15, 0.2) is 0 Å². The molecule has 1 saturated heterocycles. The second-order valence-electron chi connectivity index (χ2n) is 5.30. The molecule has 1 amide bonds. The van der Waals surface area contributed by atoms with Crippen LogP contribution in [0.1, 0.15) is 18.4 Å². The molecule has 1 fully saturated rings. The Morgan fingerprint density at radius 2 is 1.86 bits per heavy atom. The van der Waals surface area contributed by atoms with E-state index in [1.807, 2.05) is 24.3 Å². The van der Waals surface area contributed by atoms with Crippen LogP contribution in [0.3, 0.4) is 0 Å². The van der Waals surface area contributed by atoms with Gasteiger partial charge in [-0.3, -0.25) is 4.79 Å². The van der Waals surface area contributed by atoms with Gasteiger partial charge in [0.1, 0.15) is 11.4 Å². The van der Waals surface area contributed by atoms with Crippen LogP contribution in [-0.2, 0) is 16.0 Å². The highest BCUT2D eigenvalue weighted by Crippen LogP contribution is 2.22. The lowest BCUT2D eigenvalue weighted by Crippen LogP contribution is -2.54. The molecule has 1 aromatic carbocycles. The fraction of sp³-hybridized carbons (Fsp3) is 0.562. The van der Waals surface area contributed by atoms with Crippen molar-refractivity contribution in [1.82, 2.24) is 10.6 Å². The minimum absolute atomic E-state index is 0. The van der Waals surface area contributed by atoms with E-state index in [-0.39, 0.29) is 18.3 Å². The van der Waals surface area contributed by atoms with Gasteiger partial charge in [-0.2, -0.15) is 0 Å². The highest BCUT2D eigenvalue weighted by atomic mass is 35.5. The van der Waals surface area contributed by atoms with E-state index in [0.29, 0.717) is 6.54 Å². The summed E-state index contributed by atoms with van der Waals surface area (Å²) < 4.78 is 10.6. The van der Waals surface area contributed by atoms with E-state index in [1.54, 1.807) is 14.2 Å². The van der Waals surface area contributed by atoms with Gasteiger partial charge in [-0.25, -0.2) is 0 Å². The summed E-state index contributed by atoms with van der Waals surface area (Å²) in [5, 5.41) is 6.25. The number of rotatable bonds is 6. The molecule has 0 radical (unpaired) electrons. The molecule has 0 bridgehead atoms. The lowest BCUT2D eigenvalue weighted by atomic mass is 9.91. The van der Waals surface area contributed by atoms with Crippen molar-refractivity contribution in [3.8, 4) is 5.75 Å². The molecule has 0 saturated carbocycles. The second kappa shape index (κ2) is 8.98. The van der Waals surface area contributed by atoms with Crippen molar-refractivity contribution in [1.29, 1.82) is 0 Å². The number of nitrogens with one attached hydrogen (secondary N) is 2. The van der Waals surface area contributed by atoms with Crippen LogP contribution in [0.5, 0.6) is 5.75 Å². The molecule has 0 atom stereocenters. The number of methoxy groups -OCH3 is 2. The number of halogens is 1. The molecule has 0 unspecified atom stereocenters. The van der Waals surface area contributed by atoms with E-state index >= 15 is 0 Å². The van der Waals surface area contributed by atoms with Crippen molar-refractivity contribution in [2.75, 3.05) is 33.9 Å². The van der Waals surface area contributed by atoms with Gasteiger partial charge in [0.05, 0.1) is 7.11 Å². The molecule has 2 rings (SSSR count). The van der Waals surface area contributed by atoms with E-state index < -0.39 is 5.60 Å². The van der Waals surface area contributed by atoms with Crippen LogP contribution in [0.25, 0.3) is 0 Å². The van der Waals surface area contributed by atoms with E-state index in [2.05, 4.69) is 10.6 Å². The third-order valence-corrected chi connectivity index (χ3v) is 4.07. The maximum absolute atomic E-state index is 12.4. The van der Waals surface area contributed by atoms with Crippen molar-refractivity contribution >= 4 is 18.3 Å². The molecule has 2 N–H and O–H groups in total. The largest absolute Gasteiger partial charge is 0.497 e. The number of benzene rings is 1. The Hall–Kier alpha value is -1.30. The molecule has 1 heterocycles. The summed E-state index contributed by atoms with van der Waals surface area (Å²) in [6.45, 7) is 2.25. The molecule has 0 spiro atoms. The first-order chi connectivity index (χ1) is 10.2. The average molecular weight is 329 g/mol. The predicted molar refractivity (Wildman–Crippen MR) is 88.8 cm³/mol. The smallest absolute Gasteiger partial charge is 0.252 e. The highest BCUT2D eigenvalue weighted by molar-refractivity contribution is 5.85. The van der Waals surface area contributed by atoms with E-state index in [1.165, 1.54) is 5.56 Å². The van der Waals surface area contributed by atoms with Crippen LogP contribution in [0.2, 0.25) is 0 Å². The number of carbonyl (C=O) groups excluding carboxylic acids is 1. The fourth-order valence-corrected chi connectivity index (χ4v) is 2.63. The molecule has 1 aliphatic rings. The minimum Gasteiger partial charge on any atom is -0.497 e. The van der Waals surface area contributed by atoms with Gasteiger partial charge < -0.3 is 20.1 Å². The van der Waals surface area contributed by atoms with Crippen molar-refractivity contribution in [3.63, 3.8) is 0 Å². The summed E-state index contributed by atoms with van der Waals surface area (Å²) in [5.74, 6) is 0.843. The molecule has 1 aliphatic heterocycles. The van der Waals surface area contributed by atoms with Crippen molar-refractivity contribution < 1.29 is 14.3 Å². The van der Waals surface area contributed by atoms with Crippen molar-refractivity contribution in [2.24, 2.45) is 0 Å². The van der Waals surface area contributed by atoms with Crippen LogP contribution < -0.4 is 15.4 Å². The number of hydrogen-bond acceptors (Lipinski definition) is 4. The van der Waals surface area contributed by atoms with Crippen LogP contribution in [0.4, 0.5) is 0 Å². The molecule has 1 aromatic rings. The Kier molecular flexibility index (Phi) is 7.65. The van der Waals surface area contributed by atoms with Crippen LogP contribution >= 0.6 is 12.4 Å². The lowest BCUT2D eigenvalue weighted by molar-refractivity contribution is -0.146. The zero-order valence-corrected chi connectivity index (χ0v) is 14.0. The average Bonchev–Trinajstić information content (AvgIpc) is 2.56. The summed E-state index contributed by atoms with van der Waals surface area (Å²) in [6.07, 6.45) is 2.24. The maximum atomic E-state index is 12.4. The number of hydrogen-bond donors (Lipinski definition) is 2. The molecule has 124 valence electrons. The standard InChI is InChI=1S/C16H24N2O3.ClH/c1-20-14-5-3-13(4-6-14)7-10-18-15(19)16(21-2)8-11-17-12-9-16;/h3-6,17H,7-12H2,1-2H3,(H,18,19);1H. The Labute approximate surface area is 138 Å². The molecule has 6 heteroatoms. The number of amides is 1. The Morgan fingerprint density at radius 3 is 2.41 bits per heavy atom. The van der Waals surface area contributed by atoms with Gasteiger partial charge >= 0.3 is 0 Å². The normalized spacial score (nSPS) is 16.5. The maximum Gasteiger partial charge on any atom is 0.252 e. The monoisotopic (exact) mass is 328 g/mol. The van der Waals surface area contributed by atoms with E-state index in [0.717, 1.165) is 38.1 Å². The molecule has 5 nitrogen and oxygen atoms in total. The molecule has 0 aromatic heterocycles. The zero-order valence-electron chi connectivity index (χ0n) is 13.2. The topological polar surface area (TPSA) is 59.6 Å². The first kappa shape index (κ1) is 18.7. The van der Waals surface area contributed by atoms with Crippen LogP contribution in [-0.4, -0.2) is 45.4 Å². The van der Waals surface area contributed by atoms with Gasteiger partial charge in [0.2, 0.25) is 0 Å². The Bertz CT molecular complexity index is 459. The highest BCUT2D eigenvalue weighted by Gasteiger charge is 2.39. The zero-order chi connectivity index (χ0) is 15.1. The number of carbonyl (C=O) groups is 1. The van der Waals surface area contributed by atoms with Gasteiger partial charge in [0.25, 0.3) is 5.91 Å². The summed E-state index contributed by atoms with van der Waals surface area (Å²) in [5.41, 5.74) is 0.512. The lowest BCUT2D eigenvalue weighted by Gasteiger charge is -2.34. The van der Waals surface area contributed by atoms with Gasteiger partial charge in [0, 0.05) is 13.7 Å². The van der Waals surface area contributed by atoms with Gasteiger partial charge in [-0.1, -0.05) is 12.1 Å². The number of ether oxygens (including phenoxy) is 2. The predicted octanol–water partition coefficient (Wildman–Crippen LogP) is 1.54. The molecular formula is C16H25ClN2O3. The Morgan fingerprint density at radius 1 is 1.23 bits per heavy atom. The summed E-state index contributed by atoms with van der Waals surface area (Å²) in [7, 11) is 3.27. The van der Waals surface area contributed by atoms with Gasteiger partial charge in [-0.05, 0) is 50.0 Å². The minimum atomic E-state index is -0.662. The molecule has 0 aliphatic carbocycles. The summed E-state index contributed by atoms with van der Waals surface area (Å²) >= 11 is 0. The number of piperidine rings is 1. The SMILES string of the molecule is COc1ccc(CCNC(=O)C2(OC)CCNCC2)cc1.Cl. The van der Waals surface area contributed by atoms with Crippen LogP contribution in [0, 0.1) is 0 Å². The Balaban J connectivity index is 0.00000242. The van der Waals surface area contributed by atoms with Gasteiger partial charge in [-0.15, -0.1) is 12.4 Å². The van der Waals surface area contributed by atoms with E-state index in [9.17, 15) is 4.79 Å². The summed E-state index contributed by atoms with van der Waals surface area (Å²) in [6, 6.07) is 7.89. The van der Waals surface area contributed by atoms with Crippen LogP contribution in [0.15, 0.2) is 24.3 Å². The first-order valence-electron chi connectivity index (χ1n) is 7.37. The third kappa shape index (κ3) is 4.60. The molecular weight excluding hydrogens is 304 g/mol. The quantitative estimate of drug-likeness (QED) is 0.831. The van der Waals surface area contributed by atoms with Crippen molar-refractivity contribution in [2.45, 2.75) is 24.9 Å². The van der Waals surface area contributed by atoms with E-state index in [4.69, 9.17) is 9.47 Å². The first-order valence-corrected chi connectivity index (χ1v) is 7.37. The second-order valence-corrected chi connectivity index (χ2v) is 5.30. The molecule has 22 heavy (non-hydrogen) atoms.